The molecule has 25 heavy (non-hydrogen) atoms. The van der Waals surface area contributed by atoms with Crippen LogP contribution in [0.15, 0.2) is 42.5 Å². The first kappa shape index (κ1) is 18.0. The molecular weight excluding hydrogens is 332 g/mol. The van der Waals surface area contributed by atoms with Crippen LogP contribution in [0.2, 0.25) is 5.02 Å². The molecule has 0 spiro atoms. The Hall–Kier alpha value is -1.84. The van der Waals surface area contributed by atoms with Crippen LogP contribution < -0.4 is 0 Å². The summed E-state index contributed by atoms with van der Waals surface area (Å²) in [5.74, 6) is 0.153. The third-order valence-corrected chi connectivity index (χ3v) is 5.30. The Morgan fingerprint density at radius 1 is 0.960 bits per heavy atom. The summed E-state index contributed by atoms with van der Waals surface area (Å²) >= 11 is 5.93. The molecule has 1 aliphatic rings. The van der Waals surface area contributed by atoms with E-state index in [-0.39, 0.29) is 5.91 Å². The average molecular weight is 357 g/mol. The van der Waals surface area contributed by atoms with E-state index in [2.05, 4.69) is 30.9 Å². The minimum absolute atomic E-state index is 0.153. The summed E-state index contributed by atoms with van der Waals surface area (Å²) in [5.41, 5.74) is 4.51. The van der Waals surface area contributed by atoms with Crippen LogP contribution in [0.25, 0.3) is 0 Å². The van der Waals surface area contributed by atoms with Crippen LogP contribution in [0.5, 0.6) is 0 Å². The summed E-state index contributed by atoms with van der Waals surface area (Å²) in [6, 6.07) is 14.0. The van der Waals surface area contributed by atoms with Crippen LogP contribution >= 0.6 is 11.6 Å². The van der Waals surface area contributed by atoms with E-state index in [9.17, 15) is 4.79 Å². The molecule has 3 nitrogen and oxygen atoms in total. The van der Waals surface area contributed by atoms with Gasteiger partial charge in [-0.05, 0) is 61.2 Å². The second kappa shape index (κ2) is 8.03. The monoisotopic (exact) mass is 356 g/mol. The summed E-state index contributed by atoms with van der Waals surface area (Å²) in [6.45, 7) is 8.62. The molecule has 1 amide bonds. The highest BCUT2D eigenvalue weighted by Crippen LogP contribution is 2.14. The van der Waals surface area contributed by atoms with Gasteiger partial charge in [0.05, 0.1) is 0 Å². The van der Waals surface area contributed by atoms with Crippen LogP contribution in [0.4, 0.5) is 0 Å². The Morgan fingerprint density at radius 2 is 1.64 bits per heavy atom. The fourth-order valence-electron chi connectivity index (χ4n) is 3.17. The summed E-state index contributed by atoms with van der Waals surface area (Å²) in [7, 11) is 0. The number of amides is 1. The molecule has 1 saturated heterocycles. The maximum absolute atomic E-state index is 12.7. The van der Waals surface area contributed by atoms with E-state index < -0.39 is 0 Å². The van der Waals surface area contributed by atoms with Crippen molar-refractivity contribution >= 4 is 17.5 Å². The molecule has 132 valence electrons. The van der Waals surface area contributed by atoms with Gasteiger partial charge in [0.15, 0.2) is 0 Å². The van der Waals surface area contributed by atoms with Crippen molar-refractivity contribution in [3.05, 3.63) is 69.7 Å². The van der Waals surface area contributed by atoms with Crippen molar-refractivity contribution in [3.63, 3.8) is 0 Å². The molecule has 0 atom stereocenters. The third kappa shape index (κ3) is 4.62. The lowest BCUT2D eigenvalue weighted by molar-refractivity contribution is 0.0638. The molecular formula is C21H25ClN2O. The van der Waals surface area contributed by atoms with E-state index in [1.54, 1.807) is 0 Å². The smallest absolute Gasteiger partial charge is 0.253 e. The molecule has 0 aliphatic carbocycles. The van der Waals surface area contributed by atoms with Gasteiger partial charge >= 0.3 is 0 Å². The van der Waals surface area contributed by atoms with Crippen LogP contribution in [0.1, 0.15) is 27.0 Å². The molecule has 0 aromatic heterocycles. The summed E-state index contributed by atoms with van der Waals surface area (Å²) in [4.78, 5) is 17.1. The molecule has 2 aromatic rings. The topological polar surface area (TPSA) is 23.6 Å². The third-order valence-electron chi connectivity index (χ3n) is 5.04. The second-order valence-corrected chi connectivity index (χ2v) is 7.25. The molecule has 3 rings (SSSR count). The first-order valence-electron chi connectivity index (χ1n) is 8.86. The fourth-order valence-corrected chi connectivity index (χ4v) is 3.30. The lowest BCUT2D eigenvalue weighted by Crippen LogP contribution is -2.49. The van der Waals surface area contributed by atoms with E-state index in [0.717, 1.165) is 49.7 Å². The van der Waals surface area contributed by atoms with Gasteiger partial charge in [-0.1, -0.05) is 29.8 Å². The molecule has 0 radical (unpaired) electrons. The van der Waals surface area contributed by atoms with Gasteiger partial charge in [0.2, 0.25) is 0 Å². The van der Waals surface area contributed by atoms with Crippen LogP contribution in [0, 0.1) is 13.8 Å². The van der Waals surface area contributed by atoms with Crippen LogP contribution in [-0.2, 0) is 6.42 Å². The van der Waals surface area contributed by atoms with E-state index in [4.69, 9.17) is 11.6 Å². The molecule has 4 heteroatoms. The Morgan fingerprint density at radius 3 is 2.28 bits per heavy atom. The van der Waals surface area contributed by atoms with Gasteiger partial charge in [0.25, 0.3) is 5.91 Å². The standard InChI is InChI=1S/C21H25ClN2O/c1-16-3-6-19(15-17(16)2)21(25)24-13-11-23(12-14-24)10-9-18-4-7-20(22)8-5-18/h3-8,15H,9-14H2,1-2H3. The van der Waals surface area contributed by atoms with Crippen molar-refractivity contribution in [2.24, 2.45) is 0 Å². The van der Waals surface area contributed by atoms with Gasteiger partial charge in [-0.2, -0.15) is 0 Å². The van der Waals surface area contributed by atoms with Crippen molar-refractivity contribution in [1.82, 2.24) is 9.80 Å². The Bertz CT molecular complexity index is 734. The minimum atomic E-state index is 0.153. The average Bonchev–Trinajstić information content (AvgIpc) is 2.63. The number of rotatable bonds is 4. The number of carbonyl (C=O) groups excluding carboxylic acids is 1. The van der Waals surface area contributed by atoms with Gasteiger partial charge in [-0.15, -0.1) is 0 Å². The molecule has 1 heterocycles. The highest BCUT2D eigenvalue weighted by molar-refractivity contribution is 6.30. The normalized spacial score (nSPS) is 15.4. The molecule has 2 aromatic carbocycles. The van der Waals surface area contributed by atoms with Crippen LogP contribution in [0.3, 0.4) is 0 Å². The van der Waals surface area contributed by atoms with Crippen molar-refractivity contribution in [3.8, 4) is 0 Å². The highest BCUT2D eigenvalue weighted by atomic mass is 35.5. The molecule has 0 N–H and O–H groups in total. The molecule has 1 aliphatic heterocycles. The SMILES string of the molecule is Cc1ccc(C(=O)N2CCN(CCc3ccc(Cl)cc3)CC2)cc1C. The van der Waals surface area contributed by atoms with Gasteiger partial charge < -0.3 is 4.90 Å². The van der Waals surface area contributed by atoms with Crippen molar-refractivity contribution in [2.75, 3.05) is 32.7 Å². The quantitative estimate of drug-likeness (QED) is 0.827. The maximum Gasteiger partial charge on any atom is 0.253 e. The maximum atomic E-state index is 12.7. The Balaban J connectivity index is 1.50. The first-order chi connectivity index (χ1) is 12.0. The van der Waals surface area contributed by atoms with Crippen LogP contribution in [-0.4, -0.2) is 48.4 Å². The summed E-state index contributed by atoms with van der Waals surface area (Å²) in [5, 5.41) is 0.780. The zero-order valence-electron chi connectivity index (χ0n) is 15.0. The minimum Gasteiger partial charge on any atom is -0.336 e. The summed E-state index contributed by atoms with van der Waals surface area (Å²) < 4.78 is 0. The predicted molar refractivity (Wildman–Crippen MR) is 103 cm³/mol. The largest absolute Gasteiger partial charge is 0.336 e. The molecule has 0 bridgehead atoms. The summed E-state index contributed by atoms with van der Waals surface area (Å²) in [6.07, 6.45) is 1.02. The zero-order chi connectivity index (χ0) is 17.8. The second-order valence-electron chi connectivity index (χ2n) is 6.81. The van der Waals surface area contributed by atoms with E-state index >= 15 is 0 Å². The fraction of sp³-hybridized carbons (Fsp3) is 0.381. The van der Waals surface area contributed by atoms with Crippen molar-refractivity contribution < 1.29 is 4.79 Å². The van der Waals surface area contributed by atoms with E-state index in [0.29, 0.717) is 0 Å². The van der Waals surface area contributed by atoms with Gasteiger partial charge in [0.1, 0.15) is 0 Å². The Labute approximate surface area is 155 Å². The highest BCUT2D eigenvalue weighted by Gasteiger charge is 2.22. The van der Waals surface area contributed by atoms with Gasteiger partial charge in [0, 0.05) is 43.3 Å². The zero-order valence-corrected chi connectivity index (χ0v) is 15.7. The number of aryl methyl sites for hydroxylation is 2. The van der Waals surface area contributed by atoms with Gasteiger partial charge in [-0.25, -0.2) is 0 Å². The molecule has 0 saturated carbocycles. The predicted octanol–water partition coefficient (Wildman–Crippen LogP) is 3.96. The van der Waals surface area contributed by atoms with Crippen molar-refractivity contribution in [2.45, 2.75) is 20.3 Å². The first-order valence-corrected chi connectivity index (χ1v) is 9.24. The van der Waals surface area contributed by atoms with E-state index in [1.165, 1.54) is 16.7 Å². The number of benzene rings is 2. The van der Waals surface area contributed by atoms with Gasteiger partial charge in [-0.3, -0.25) is 9.69 Å². The lowest BCUT2D eigenvalue weighted by atomic mass is 10.1. The number of hydrogen-bond donors (Lipinski definition) is 0. The van der Waals surface area contributed by atoms with Crippen molar-refractivity contribution in [1.29, 1.82) is 0 Å². The number of carbonyl (C=O) groups is 1. The number of hydrogen-bond acceptors (Lipinski definition) is 2. The van der Waals surface area contributed by atoms with E-state index in [1.807, 2.05) is 35.2 Å². The molecule has 1 fully saturated rings. The Kier molecular flexibility index (Phi) is 5.77. The lowest BCUT2D eigenvalue weighted by Gasteiger charge is -2.34. The molecule has 0 unspecified atom stereocenters. The number of nitrogens with zero attached hydrogens (tertiary/aromatic N) is 2. The number of piperazine rings is 1. The number of halogens is 1.